The highest BCUT2D eigenvalue weighted by molar-refractivity contribution is 5.64. The van der Waals surface area contributed by atoms with Gasteiger partial charge in [-0.25, -0.2) is 4.98 Å². The Balaban J connectivity index is 2.39. The summed E-state index contributed by atoms with van der Waals surface area (Å²) in [6.07, 6.45) is 1.72. The number of nitrogens with one attached hydrogen (secondary N) is 1. The molecule has 0 unspecified atom stereocenters. The number of benzene rings is 1. The molecule has 0 saturated carbocycles. The topological polar surface area (TPSA) is 45.2 Å². The number of para-hydroxylation sites is 1. The van der Waals surface area contributed by atoms with Crippen LogP contribution in [0.25, 0.3) is 0 Å². The van der Waals surface area contributed by atoms with E-state index in [0.29, 0.717) is 5.82 Å². The summed E-state index contributed by atoms with van der Waals surface area (Å²) in [5.41, 5.74) is 3.11. The van der Waals surface area contributed by atoms with E-state index in [9.17, 15) is 5.11 Å². The molecule has 2 aromatic rings. The number of aliphatic hydroxyl groups excluding tert-OH is 1. The summed E-state index contributed by atoms with van der Waals surface area (Å²) in [6, 6.07) is 11.9. The molecule has 3 nitrogen and oxygen atoms in total. The van der Waals surface area contributed by atoms with Gasteiger partial charge in [-0.1, -0.05) is 45.0 Å². The quantitative estimate of drug-likeness (QED) is 0.881. The minimum atomic E-state index is -0.0200. The number of nitrogens with zero attached hydrogens (tertiary/aromatic N) is 1. The molecule has 1 aromatic heterocycles. The number of anilines is 2. The van der Waals surface area contributed by atoms with Crippen molar-refractivity contribution in [2.45, 2.75) is 32.8 Å². The normalized spacial score (nSPS) is 11.4. The fraction of sp³-hybridized carbons (Fsp3) is 0.312. The molecular formula is C16H20N2O. The molecule has 0 aliphatic heterocycles. The zero-order chi connectivity index (χ0) is 13.9. The molecule has 0 radical (unpaired) electrons. The van der Waals surface area contributed by atoms with E-state index in [1.807, 2.05) is 30.3 Å². The first-order valence-electron chi connectivity index (χ1n) is 6.43. The second-order valence-electron chi connectivity index (χ2n) is 5.59. The van der Waals surface area contributed by atoms with Gasteiger partial charge in [-0.05, 0) is 23.1 Å². The van der Waals surface area contributed by atoms with Crippen molar-refractivity contribution >= 4 is 11.5 Å². The summed E-state index contributed by atoms with van der Waals surface area (Å²) in [5.74, 6) is 0.710. The first-order valence-corrected chi connectivity index (χ1v) is 6.43. The lowest BCUT2D eigenvalue weighted by Crippen LogP contribution is -2.14. The minimum absolute atomic E-state index is 0.0200. The average molecular weight is 256 g/mol. The van der Waals surface area contributed by atoms with Crippen LogP contribution in [0.15, 0.2) is 42.6 Å². The Bertz CT molecular complexity index is 559. The SMILES string of the molecule is CC(C)(C)c1ccccc1Nc1ncccc1CO. The van der Waals surface area contributed by atoms with Gasteiger partial charge in [0.2, 0.25) is 0 Å². The molecule has 0 aliphatic carbocycles. The molecule has 0 fully saturated rings. The maximum Gasteiger partial charge on any atom is 0.135 e. The average Bonchev–Trinajstić information content (AvgIpc) is 2.39. The van der Waals surface area contributed by atoms with Crippen molar-refractivity contribution in [3.63, 3.8) is 0 Å². The maximum absolute atomic E-state index is 9.35. The van der Waals surface area contributed by atoms with Gasteiger partial charge in [0.05, 0.1) is 6.61 Å². The summed E-state index contributed by atoms with van der Waals surface area (Å²) >= 11 is 0. The maximum atomic E-state index is 9.35. The lowest BCUT2D eigenvalue weighted by molar-refractivity contribution is 0.282. The number of pyridine rings is 1. The molecule has 100 valence electrons. The van der Waals surface area contributed by atoms with Gasteiger partial charge in [0.15, 0.2) is 0 Å². The van der Waals surface area contributed by atoms with Gasteiger partial charge in [0.25, 0.3) is 0 Å². The molecule has 1 aromatic carbocycles. The van der Waals surface area contributed by atoms with Gasteiger partial charge in [-0.15, -0.1) is 0 Å². The van der Waals surface area contributed by atoms with Crippen molar-refractivity contribution in [3.05, 3.63) is 53.7 Å². The monoisotopic (exact) mass is 256 g/mol. The summed E-state index contributed by atoms with van der Waals surface area (Å²) in [4.78, 5) is 4.30. The van der Waals surface area contributed by atoms with E-state index in [-0.39, 0.29) is 12.0 Å². The Hall–Kier alpha value is -1.87. The molecular weight excluding hydrogens is 236 g/mol. The third kappa shape index (κ3) is 3.12. The molecule has 2 N–H and O–H groups in total. The predicted octanol–water partition coefficient (Wildman–Crippen LogP) is 3.62. The van der Waals surface area contributed by atoms with Crippen LogP contribution in [0.1, 0.15) is 31.9 Å². The predicted molar refractivity (Wildman–Crippen MR) is 78.6 cm³/mol. The van der Waals surface area contributed by atoms with Crippen molar-refractivity contribution in [2.24, 2.45) is 0 Å². The van der Waals surface area contributed by atoms with Gasteiger partial charge in [0.1, 0.15) is 5.82 Å². The van der Waals surface area contributed by atoms with Crippen molar-refractivity contribution in [1.29, 1.82) is 0 Å². The number of aromatic nitrogens is 1. The Morgan fingerprint density at radius 2 is 1.84 bits per heavy atom. The summed E-state index contributed by atoms with van der Waals surface area (Å²) in [6.45, 7) is 6.52. The minimum Gasteiger partial charge on any atom is -0.392 e. The van der Waals surface area contributed by atoms with Gasteiger partial charge in [0, 0.05) is 17.4 Å². The van der Waals surface area contributed by atoms with E-state index < -0.39 is 0 Å². The lowest BCUT2D eigenvalue weighted by atomic mass is 9.86. The highest BCUT2D eigenvalue weighted by Gasteiger charge is 2.18. The second kappa shape index (κ2) is 5.41. The van der Waals surface area contributed by atoms with Crippen LogP contribution in [0.2, 0.25) is 0 Å². The largest absolute Gasteiger partial charge is 0.392 e. The molecule has 0 bridgehead atoms. The van der Waals surface area contributed by atoms with Gasteiger partial charge in [-0.2, -0.15) is 0 Å². The van der Waals surface area contributed by atoms with Gasteiger partial charge in [-0.3, -0.25) is 0 Å². The fourth-order valence-electron chi connectivity index (χ4n) is 2.05. The standard InChI is InChI=1S/C16H20N2O/c1-16(2,3)13-8-4-5-9-14(13)18-15-12(11-19)7-6-10-17-15/h4-10,19H,11H2,1-3H3,(H,17,18). The van der Waals surface area contributed by atoms with E-state index in [1.165, 1.54) is 5.56 Å². The van der Waals surface area contributed by atoms with Gasteiger partial charge >= 0.3 is 0 Å². The number of rotatable bonds is 3. The molecule has 0 aliphatic rings. The van der Waals surface area contributed by atoms with Crippen LogP contribution in [0.3, 0.4) is 0 Å². The van der Waals surface area contributed by atoms with Gasteiger partial charge < -0.3 is 10.4 Å². The molecule has 0 spiro atoms. The van der Waals surface area contributed by atoms with E-state index in [4.69, 9.17) is 0 Å². The highest BCUT2D eigenvalue weighted by atomic mass is 16.3. The van der Waals surface area contributed by atoms with Crippen LogP contribution in [-0.4, -0.2) is 10.1 Å². The van der Waals surface area contributed by atoms with E-state index >= 15 is 0 Å². The Morgan fingerprint density at radius 1 is 1.11 bits per heavy atom. The molecule has 19 heavy (non-hydrogen) atoms. The Kier molecular flexibility index (Phi) is 3.86. The molecule has 0 atom stereocenters. The molecule has 2 rings (SSSR count). The van der Waals surface area contributed by atoms with Crippen molar-refractivity contribution in [3.8, 4) is 0 Å². The smallest absolute Gasteiger partial charge is 0.135 e. The first kappa shape index (κ1) is 13.6. The lowest BCUT2D eigenvalue weighted by Gasteiger charge is -2.23. The van der Waals surface area contributed by atoms with Crippen molar-refractivity contribution in [1.82, 2.24) is 4.98 Å². The van der Waals surface area contributed by atoms with Crippen LogP contribution < -0.4 is 5.32 Å². The molecule has 0 saturated heterocycles. The molecule has 1 heterocycles. The summed E-state index contributed by atoms with van der Waals surface area (Å²) in [7, 11) is 0. The number of aliphatic hydroxyl groups is 1. The summed E-state index contributed by atoms with van der Waals surface area (Å²) in [5, 5.41) is 12.7. The van der Waals surface area contributed by atoms with E-state index in [2.05, 4.69) is 37.1 Å². The van der Waals surface area contributed by atoms with Crippen LogP contribution in [0, 0.1) is 0 Å². The summed E-state index contributed by atoms with van der Waals surface area (Å²) < 4.78 is 0. The highest BCUT2D eigenvalue weighted by Crippen LogP contribution is 2.31. The molecule has 3 heteroatoms. The second-order valence-corrected chi connectivity index (χ2v) is 5.59. The van der Waals surface area contributed by atoms with Crippen LogP contribution in [0.5, 0.6) is 0 Å². The first-order chi connectivity index (χ1) is 9.02. The van der Waals surface area contributed by atoms with E-state index in [1.54, 1.807) is 6.20 Å². The fourth-order valence-corrected chi connectivity index (χ4v) is 2.05. The van der Waals surface area contributed by atoms with Crippen molar-refractivity contribution in [2.75, 3.05) is 5.32 Å². The van der Waals surface area contributed by atoms with Crippen LogP contribution in [0.4, 0.5) is 11.5 Å². The molecule has 0 amide bonds. The Morgan fingerprint density at radius 3 is 2.53 bits per heavy atom. The number of hydrogen-bond donors (Lipinski definition) is 2. The third-order valence-corrected chi connectivity index (χ3v) is 3.05. The van der Waals surface area contributed by atoms with Crippen LogP contribution >= 0.6 is 0 Å². The van der Waals surface area contributed by atoms with E-state index in [0.717, 1.165) is 11.3 Å². The number of hydrogen-bond acceptors (Lipinski definition) is 3. The zero-order valence-electron chi connectivity index (χ0n) is 11.6. The Labute approximate surface area is 114 Å². The third-order valence-electron chi connectivity index (χ3n) is 3.05. The van der Waals surface area contributed by atoms with Crippen molar-refractivity contribution < 1.29 is 5.11 Å². The zero-order valence-corrected chi connectivity index (χ0v) is 11.6. The van der Waals surface area contributed by atoms with Crippen LogP contribution in [-0.2, 0) is 12.0 Å².